The van der Waals surface area contributed by atoms with Crippen LogP contribution in [0.15, 0.2) is 103 Å². The summed E-state index contributed by atoms with van der Waals surface area (Å²) in [5, 5.41) is 4.66. The number of nitrogens with zero attached hydrogens (tertiary/aromatic N) is 2. The summed E-state index contributed by atoms with van der Waals surface area (Å²) in [6.45, 7) is 3.55. The Morgan fingerprint density at radius 2 is 1.36 bits per heavy atom. The van der Waals surface area contributed by atoms with Gasteiger partial charge in [0.25, 0.3) is 0 Å². The average molecular weight is 587 g/mol. The third-order valence-electron chi connectivity index (χ3n) is 5.42. The van der Waals surface area contributed by atoms with E-state index in [0.717, 1.165) is 5.69 Å². The fourth-order valence-corrected chi connectivity index (χ4v) is 8.25. The number of aromatic nitrogens is 2. The molecule has 0 bridgehead atoms. The number of hydrogen-bond donors (Lipinski definition) is 0. The predicted octanol–water partition coefficient (Wildman–Crippen LogP) is 6.30. The predicted molar refractivity (Wildman–Crippen MR) is 142 cm³/mol. The molecule has 4 rings (SSSR count). The van der Waals surface area contributed by atoms with Crippen molar-refractivity contribution in [2.24, 2.45) is 0 Å². The van der Waals surface area contributed by atoms with Gasteiger partial charge in [0.05, 0.1) is 0 Å². The minimum absolute atomic E-state index is 0.139. The summed E-state index contributed by atoms with van der Waals surface area (Å²) in [7, 11) is 0. The van der Waals surface area contributed by atoms with Crippen LogP contribution in [0.2, 0.25) is 9.88 Å². The van der Waals surface area contributed by atoms with Crippen molar-refractivity contribution in [1.29, 1.82) is 0 Å². The molecule has 0 aliphatic rings. The molecule has 1 aromatic heterocycles. The second kappa shape index (κ2) is 11.0. The first kappa shape index (κ1) is 25.4. The molecule has 0 spiro atoms. The molecule has 0 unspecified atom stereocenters. The van der Waals surface area contributed by atoms with E-state index in [1.807, 2.05) is 76.6 Å². The van der Waals surface area contributed by atoms with Gasteiger partial charge in [0, 0.05) is 0 Å². The molecule has 0 N–H and O–H groups in total. The first-order chi connectivity index (χ1) is 17.2. The van der Waals surface area contributed by atoms with Gasteiger partial charge in [-0.25, -0.2) is 0 Å². The van der Waals surface area contributed by atoms with Gasteiger partial charge in [0.1, 0.15) is 0 Å². The van der Waals surface area contributed by atoms with Gasteiger partial charge in [0.2, 0.25) is 0 Å². The van der Waals surface area contributed by atoms with Crippen molar-refractivity contribution in [2.75, 3.05) is 0 Å². The molecule has 36 heavy (non-hydrogen) atoms. The second-order valence-corrected chi connectivity index (χ2v) is 18.0. The van der Waals surface area contributed by atoms with Crippen LogP contribution in [-0.4, -0.2) is 40.6 Å². The monoisotopic (exact) mass is 588 g/mol. The van der Waals surface area contributed by atoms with Crippen LogP contribution in [0.25, 0.3) is 5.69 Å². The van der Waals surface area contributed by atoms with Gasteiger partial charge in [-0.15, -0.1) is 0 Å². The first-order valence-electron chi connectivity index (χ1n) is 11.7. The molecule has 3 aromatic carbocycles. The topological polar surface area (TPSA) is 70.4 Å². The maximum atomic E-state index is 13.5. The summed E-state index contributed by atoms with van der Waals surface area (Å²) in [6.07, 6.45) is 1.48. The Hall–Kier alpha value is -3.65. The number of allylic oxidation sites excluding steroid dienone is 2. The van der Waals surface area contributed by atoms with E-state index < -0.39 is 19.2 Å². The molecule has 0 fully saturated rings. The molecule has 0 aliphatic carbocycles. The van der Waals surface area contributed by atoms with Crippen LogP contribution in [0.3, 0.4) is 0 Å². The third kappa shape index (κ3) is 5.94. The van der Waals surface area contributed by atoms with Crippen molar-refractivity contribution in [3.8, 4) is 11.6 Å². The van der Waals surface area contributed by atoms with Gasteiger partial charge in [-0.2, -0.15) is 0 Å². The molecule has 0 saturated carbocycles. The van der Waals surface area contributed by atoms with Crippen LogP contribution in [0, 0.1) is 6.92 Å². The fraction of sp³-hybridized carbons (Fsp3) is 0.138. The molecular formula is C29H28N2O4Sn. The number of benzene rings is 3. The molecule has 6 nitrogen and oxygen atoms in total. The number of ketones is 2. The van der Waals surface area contributed by atoms with Crippen LogP contribution in [-0.2, 0) is 3.07 Å². The normalized spacial score (nSPS) is 11.7. The second-order valence-electron chi connectivity index (χ2n) is 8.80. The quantitative estimate of drug-likeness (QED) is 0.0996. The van der Waals surface area contributed by atoms with E-state index >= 15 is 0 Å². The van der Waals surface area contributed by atoms with E-state index in [9.17, 15) is 9.59 Å². The van der Waals surface area contributed by atoms with Crippen LogP contribution in [0.4, 0.5) is 0 Å². The molecule has 7 heteroatoms. The number of rotatable bonds is 9. The van der Waals surface area contributed by atoms with Crippen LogP contribution < -0.4 is 3.07 Å². The van der Waals surface area contributed by atoms with Crippen molar-refractivity contribution in [3.63, 3.8) is 0 Å². The number of hydrogen-bond acceptors (Lipinski definition) is 5. The average Bonchev–Trinajstić information content (AvgIpc) is 3.19. The Labute approximate surface area is 216 Å². The molecule has 4 aromatic rings. The summed E-state index contributed by atoms with van der Waals surface area (Å²) < 4.78 is 14.5. The Bertz CT molecular complexity index is 1400. The van der Waals surface area contributed by atoms with E-state index in [1.165, 1.54) is 6.08 Å². The van der Waals surface area contributed by atoms with E-state index in [-0.39, 0.29) is 11.6 Å². The van der Waals surface area contributed by atoms with Crippen LogP contribution >= 0.6 is 0 Å². The molecular weight excluding hydrogens is 559 g/mol. The van der Waals surface area contributed by atoms with Gasteiger partial charge in [-0.1, -0.05) is 0 Å². The molecule has 0 amide bonds. The summed E-state index contributed by atoms with van der Waals surface area (Å²) in [6, 6.07) is 27.7. The van der Waals surface area contributed by atoms with Crippen molar-refractivity contribution < 1.29 is 15.7 Å². The zero-order valence-corrected chi connectivity index (χ0v) is 23.6. The maximum absolute atomic E-state index is 13.5. The van der Waals surface area contributed by atoms with E-state index in [4.69, 9.17) is 6.15 Å². The summed E-state index contributed by atoms with van der Waals surface area (Å²) in [5.41, 5.74) is 2.88. The molecule has 0 radical (unpaired) electrons. The molecule has 0 atom stereocenters. The van der Waals surface area contributed by atoms with Gasteiger partial charge >= 0.3 is 217 Å². The molecule has 0 saturated heterocycles. The summed E-state index contributed by atoms with van der Waals surface area (Å²) in [4.78, 5) is 30.0. The first-order valence-corrected chi connectivity index (χ1v) is 19.7. The van der Waals surface area contributed by atoms with Crippen molar-refractivity contribution in [1.82, 2.24) is 9.78 Å². The van der Waals surface area contributed by atoms with E-state index in [0.29, 0.717) is 34.0 Å². The van der Waals surface area contributed by atoms with Crippen LogP contribution in [0.1, 0.15) is 38.9 Å². The standard InChI is InChI=1S/C17H14N2O2.C10H10O2.2CH3.Sn/c1-12-15(16(20)13-8-4-2-5-9-13)17(21)19(18-12)14-10-6-3-7-11-14;1-8(11)7-10(12)9-5-3-2-4-6-9;;;/h2-11,21H,1H3;2-7,11H,1H3;2*1H3;/q;;;;+2/p-2/b;8-7-;;;. The third-order valence-corrected chi connectivity index (χ3v) is 9.70. The van der Waals surface area contributed by atoms with Gasteiger partial charge in [-0.05, 0) is 0 Å². The Morgan fingerprint density at radius 3 is 1.94 bits per heavy atom. The summed E-state index contributed by atoms with van der Waals surface area (Å²) in [5.74, 6) is 0.526. The Balaban J connectivity index is 1.69. The molecule has 182 valence electrons. The zero-order valence-electron chi connectivity index (χ0n) is 20.8. The van der Waals surface area contributed by atoms with Gasteiger partial charge in [-0.3, -0.25) is 0 Å². The molecule has 1 heterocycles. The molecule has 0 aliphatic heterocycles. The van der Waals surface area contributed by atoms with Crippen molar-refractivity contribution in [3.05, 3.63) is 125 Å². The Morgan fingerprint density at radius 1 is 0.833 bits per heavy atom. The van der Waals surface area contributed by atoms with Gasteiger partial charge < -0.3 is 0 Å². The minimum atomic E-state index is -3.82. The van der Waals surface area contributed by atoms with Crippen molar-refractivity contribution >= 4 is 30.8 Å². The summed E-state index contributed by atoms with van der Waals surface area (Å²) >= 11 is -3.82. The van der Waals surface area contributed by atoms with Gasteiger partial charge in [0.15, 0.2) is 0 Å². The number of carbonyl (C=O) groups is 2. The Kier molecular flexibility index (Phi) is 7.74. The fourth-order valence-electron chi connectivity index (χ4n) is 3.88. The zero-order chi connectivity index (χ0) is 25.7. The number of aryl methyl sites for hydroxylation is 1. The number of carbonyl (C=O) groups excluding carboxylic acids is 2. The van der Waals surface area contributed by atoms with E-state index in [1.54, 1.807) is 42.8 Å². The SMILES string of the molecule is C/C(=C/C(=O)c1ccccc1)[O][Sn]([CH3])([CH3])[O]c1c(C(=O)c2ccccc2)c(C)nn1-c1ccccc1. The number of para-hydroxylation sites is 1. The van der Waals surface area contributed by atoms with E-state index in [2.05, 4.69) is 5.10 Å². The van der Waals surface area contributed by atoms with Crippen LogP contribution in [0.5, 0.6) is 5.88 Å². The van der Waals surface area contributed by atoms with Crippen molar-refractivity contribution in [2.45, 2.75) is 23.7 Å².